The third kappa shape index (κ3) is 1.88. The second-order valence-corrected chi connectivity index (χ2v) is 3.63. The second kappa shape index (κ2) is 4.23. The molecular formula is C9H19Cl. The van der Waals surface area contributed by atoms with Gasteiger partial charge in [-0.1, -0.05) is 27.7 Å². The fourth-order valence-electron chi connectivity index (χ4n) is 1.41. The summed E-state index contributed by atoms with van der Waals surface area (Å²) in [5.74, 6) is 1.51. The SMILES string of the molecule is CCC(CC)(CCl)C(C)C. The summed E-state index contributed by atoms with van der Waals surface area (Å²) in [7, 11) is 0. The van der Waals surface area contributed by atoms with Crippen LogP contribution >= 0.6 is 11.6 Å². The molecule has 0 spiro atoms. The largest absolute Gasteiger partial charge is 0.126 e. The van der Waals surface area contributed by atoms with Crippen molar-refractivity contribution in [1.29, 1.82) is 0 Å². The van der Waals surface area contributed by atoms with Crippen molar-refractivity contribution < 1.29 is 0 Å². The molecule has 0 atom stereocenters. The van der Waals surface area contributed by atoms with Crippen molar-refractivity contribution >= 4 is 11.6 Å². The Morgan fingerprint density at radius 1 is 1.20 bits per heavy atom. The molecular weight excluding hydrogens is 144 g/mol. The van der Waals surface area contributed by atoms with Gasteiger partial charge in [-0.15, -0.1) is 11.6 Å². The first-order valence-corrected chi connectivity index (χ1v) is 4.72. The number of hydrogen-bond donors (Lipinski definition) is 0. The average molecular weight is 163 g/mol. The third-order valence-electron chi connectivity index (χ3n) is 2.90. The average Bonchev–Trinajstić information content (AvgIpc) is 1.92. The zero-order valence-electron chi connectivity index (χ0n) is 7.58. The number of hydrogen-bond acceptors (Lipinski definition) is 0. The van der Waals surface area contributed by atoms with Crippen LogP contribution in [0.15, 0.2) is 0 Å². The van der Waals surface area contributed by atoms with Crippen molar-refractivity contribution in [2.45, 2.75) is 40.5 Å². The van der Waals surface area contributed by atoms with E-state index in [4.69, 9.17) is 11.6 Å². The third-order valence-corrected chi connectivity index (χ3v) is 3.43. The molecule has 1 heteroatoms. The van der Waals surface area contributed by atoms with Crippen LogP contribution in [0.2, 0.25) is 0 Å². The lowest BCUT2D eigenvalue weighted by Crippen LogP contribution is -2.27. The Balaban J connectivity index is 4.15. The van der Waals surface area contributed by atoms with Crippen LogP contribution in [0.3, 0.4) is 0 Å². The first-order valence-electron chi connectivity index (χ1n) is 4.19. The van der Waals surface area contributed by atoms with Crippen LogP contribution in [-0.4, -0.2) is 5.88 Å². The van der Waals surface area contributed by atoms with Gasteiger partial charge in [0.05, 0.1) is 0 Å². The Kier molecular flexibility index (Phi) is 4.35. The van der Waals surface area contributed by atoms with E-state index in [9.17, 15) is 0 Å². The van der Waals surface area contributed by atoms with E-state index in [2.05, 4.69) is 27.7 Å². The van der Waals surface area contributed by atoms with Crippen LogP contribution in [-0.2, 0) is 0 Å². The van der Waals surface area contributed by atoms with Crippen LogP contribution in [0.25, 0.3) is 0 Å². The first kappa shape index (κ1) is 10.3. The zero-order valence-corrected chi connectivity index (χ0v) is 8.33. The van der Waals surface area contributed by atoms with Crippen molar-refractivity contribution in [2.24, 2.45) is 11.3 Å². The van der Waals surface area contributed by atoms with Gasteiger partial charge in [-0.3, -0.25) is 0 Å². The molecule has 0 saturated heterocycles. The van der Waals surface area contributed by atoms with Gasteiger partial charge in [0, 0.05) is 5.88 Å². The molecule has 0 bridgehead atoms. The second-order valence-electron chi connectivity index (χ2n) is 3.36. The van der Waals surface area contributed by atoms with E-state index in [-0.39, 0.29) is 0 Å². The van der Waals surface area contributed by atoms with Crippen molar-refractivity contribution in [1.82, 2.24) is 0 Å². The van der Waals surface area contributed by atoms with E-state index < -0.39 is 0 Å². The summed E-state index contributed by atoms with van der Waals surface area (Å²) in [6, 6.07) is 0. The van der Waals surface area contributed by atoms with E-state index >= 15 is 0 Å². The summed E-state index contributed by atoms with van der Waals surface area (Å²) in [5.41, 5.74) is 0.390. The molecule has 0 rings (SSSR count). The predicted molar refractivity (Wildman–Crippen MR) is 48.6 cm³/mol. The molecule has 0 amide bonds. The molecule has 0 fully saturated rings. The fourth-order valence-corrected chi connectivity index (χ4v) is 2.10. The minimum absolute atomic E-state index is 0.390. The lowest BCUT2D eigenvalue weighted by atomic mass is 9.75. The lowest BCUT2D eigenvalue weighted by molar-refractivity contribution is 0.205. The molecule has 0 aliphatic heterocycles. The number of halogens is 1. The summed E-state index contributed by atoms with van der Waals surface area (Å²) in [4.78, 5) is 0. The molecule has 0 radical (unpaired) electrons. The normalized spacial score (nSPS) is 12.6. The van der Waals surface area contributed by atoms with E-state index in [0.717, 1.165) is 5.88 Å². The van der Waals surface area contributed by atoms with Gasteiger partial charge in [-0.2, -0.15) is 0 Å². The van der Waals surface area contributed by atoms with Crippen molar-refractivity contribution in [3.05, 3.63) is 0 Å². The minimum atomic E-state index is 0.390. The fraction of sp³-hybridized carbons (Fsp3) is 1.00. The quantitative estimate of drug-likeness (QED) is 0.554. The molecule has 0 aliphatic carbocycles. The standard InChI is InChI=1S/C9H19Cl/c1-5-9(6-2,7-10)8(3)4/h8H,5-7H2,1-4H3. The van der Waals surface area contributed by atoms with Gasteiger partial charge in [-0.05, 0) is 24.2 Å². The highest BCUT2D eigenvalue weighted by Gasteiger charge is 2.28. The maximum Gasteiger partial charge on any atom is 0.0282 e. The maximum atomic E-state index is 5.92. The summed E-state index contributed by atoms with van der Waals surface area (Å²) in [6.07, 6.45) is 2.40. The lowest BCUT2D eigenvalue weighted by Gasteiger charge is -2.33. The molecule has 0 aromatic rings. The maximum absolute atomic E-state index is 5.92. The van der Waals surface area contributed by atoms with Gasteiger partial charge in [0.1, 0.15) is 0 Å². The van der Waals surface area contributed by atoms with E-state index in [1.165, 1.54) is 12.8 Å². The molecule has 62 valence electrons. The molecule has 0 saturated carbocycles. The van der Waals surface area contributed by atoms with Gasteiger partial charge in [0.2, 0.25) is 0 Å². The monoisotopic (exact) mass is 162 g/mol. The first-order chi connectivity index (χ1) is 4.63. The van der Waals surface area contributed by atoms with Crippen LogP contribution in [0.1, 0.15) is 40.5 Å². The van der Waals surface area contributed by atoms with Gasteiger partial charge < -0.3 is 0 Å². The van der Waals surface area contributed by atoms with Gasteiger partial charge >= 0.3 is 0 Å². The molecule has 10 heavy (non-hydrogen) atoms. The zero-order chi connectivity index (χ0) is 8.20. The van der Waals surface area contributed by atoms with Gasteiger partial charge in [0.15, 0.2) is 0 Å². The number of alkyl halides is 1. The van der Waals surface area contributed by atoms with E-state index in [1.54, 1.807) is 0 Å². The van der Waals surface area contributed by atoms with Crippen LogP contribution < -0.4 is 0 Å². The summed E-state index contributed by atoms with van der Waals surface area (Å²) in [5, 5.41) is 0. The topological polar surface area (TPSA) is 0 Å². The minimum Gasteiger partial charge on any atom is -0.126 e. The molecule has 0 aromatic carbocycles. The molecule has 0 unspecified atom stereocenters. The summed E-state index contributed by atoms with van der Waals surface area (Å²) >= 11 is 5.92. The van der Waals surface area contributed by atoms with Crippen LogP contribution in [0, 0.1) is 11.3 Å². The van der Waals surface area contributed by atoms with Crippen molar-refractivity contribution in [3.8, 4) is 0 Å². The van der Waals surface area contributed by atoms with Crippen LogP contribution in [0.5, 0.6) is 0 Å². The van der Waals surface area contributed by atoms with Gasteiger partial charge in [-0.25, -0.2) is 0 Å². The smallest absolute Gasteiger partial charge is 0.0282 e. The Labute approximate surface area is 70.0 Å². The molecule has 0 N–H and O–H groups in total. The summed E-state index contributed by atoms with van der Waals surface area (Å²) in [6.45, 7) is 8.97. The highest BCUT2D eigenvalue weighted by Crippen LogP contribution is 2.35. The highest BCUT2D eigenvalue weighted by molar-refractivity contribution is 6.18. The molecule has 0 aliphatic rings. The van der Waals surface area contributed by atoms with Gasteiger partial charge in [0.25, 0.3) is 0 Å². The Morgan fingerprint density at radius 2 is 1.60 bits per heavy atom. The molecule has 0 aromatic heterocycles. The van der Waals surface area contributed by atoms with E-state index in [0.29, 0.717) is 11.3 Å². The van der Waals surface area contributed by atoms with Crippen molar-refractivity contribution in [2.75, 3.05) is 5.88 Å². The Bertz CT molecular complexity index is 74.5. The predicted octanol–water partition coefficient (Wildman–Crippen LogP) is 3.69. The molecule has 0 heterocycles. The summed E-state index contributed by atoms with van der Waals surface area (Å²) < 4.78 is 0. The Morgan fingerprint density at radius 3 is 1.60 bits per heavy atom. The molecule has 0 nitrogen and oxygen atoms in total. The number of rotatable bonds is 4. The highest BCUT2D eigenvalue weighted by atomic mass is 35.5. The van der Waals surface area contributed by atoms with Crippen molar-refractivity contribution in [3.63, 3.8) is 0 Å². The van der Waals surface area contributed by atoms with E-state index in [1.807, 2.05) is 0 Å². The van der Waals surface area contributed by atoms with Crippen LogP contribution in [0.4, 0.5) is 0 Å². The Hall–Kier alpha value is 0.290.